The van der Waals surface area contributed by atoms with Gasteiger partial charge in [0.2, 0.25) is 10.0 Å². The number of carbonyl (C=O) groups excluding carboxylic acids is 1. The van der Waals surface area contributed by atoms with Gasteiger partial charge in [0.15, 0.2) is 5.28 Å². The summed E-state index contributed by atoms with van der Waals surface area (Å²) in [6.07, 6.45) is -0.936. The number of amides is 1. The maximum atomic E-state index is 13.4. The SMILES string of the molecule is CO/N=[N+](\[O-])CC(=O)N1C(C)CN(S(=O)(=O)c2ccccc2)C1c1ccc(OC)cc1. The summed E-state index contributed by atoms with van der Waals surface area (Å²) in [4.78, 5) is 19.0. The quantitative estimate of drug-likeness (QED) is 0.364. The van der Waals surface area contributed by atoms with Gasteiger partial charge < -0.3 is 19.7 Å². The van der Waals surface area contributed by atoms with Crippen LogP contribution < -0.4 is 4.74 Å². The van der Waals surface area contributed by atoms with Gasteiger partial charge >= 0.3 is 0 Å². The van der Waals surface area contributed by atoms with E-state index in [9.17, 15) is 18.4 Å². The average molecular weight is 449 g/mol. The molecule has 11 heteroatoms. The van der Waals surface area contributed by atoms with Gasteiger partial charge in [-0.1, -0.05) is 30.3 Å². The Morgan fingerprint density at radius 3 is 2.39 bits per heavy atom. The Hall–Kier alpha value is -3.18. The zero-order valence-electron chi connectivity index (χ0n) is 17.4. The second-order valence-electron chi connectivity index (χ2n) is 6.96. The van der Waals surface area contributed by atoms with Crippen LogP contribution in [0, 0.1) is 5.21 Å². The van der Waals surface area contributed by atoms with Crippen molar-refractivity contribution < 1.29 is 27.6 Å². The first-order chi connectivity index (χ1) is 14.8. The van der Waals surface area contributed by atoms with E-state index in [4.69, 9.17) is 4.74 Å². The van der Waals surface area contributed by atoms with Gasteiger partial charge in [0.25, 0.3) is 12.5 Å². The molecule has 2 aromatic carbocycles. The van der Waals surface area contributed by atoms with Gasteiger partial charge in [0.05, 0.1) is 12.0 Å². The average Bonchev–Trinajstić information content (AvgIpc) is 3.12. The Morgan fingerprint density at radius 2 is 1.81 bits per heavy atom. The number of hydroxylamine groups is 1. The molecule has 3 rings (SSSR count). The smallest absolute Gasteiger partial charge is 0.294 e. The van der Waals surface area contributed by atoms with Gasteiger partial charge in [-0.3, -0.25) is 4.79 Å². The minimum atomic E-state index is -3.92. The fraction of sp³-hybridized carbons (Fsp3) is 0.350. The predicted molar refractivity (Wildman–Crippen MR) is 110 cm³/mol. The predicted octanol–water partition coefficient (Wildman–Crippen LogP) is 2.14. The number of hydrogen-bond donors (Lipinski definition) is 0. The van der Waals surface area contributed by atoms with E-state index in [1.54, 1.807) is 49.4 Å². The van der Waals surface area contributed by atoms with Crippen LogP contribution in [-0.2, 0) is 19.7 Å². The molecule has 2 unspecified atom stereocenters. The molecule has 166 valence electrons. The van der Waals surface area contributed by atoms with Gasteiger partial charge in [0.1, 0.15) is 19.0 Å². The van der Waals surface area contributed by atoms with Crippen molar-refractivity contribution >= 4 is 15.9 Å². The van der Waals surface area contributed by atoms with Crippen LogP contribution in [0.2, 0.25) is 0 Å². The van der Waals surface area contributed by atoms with E-state index in [0.29, 0.717) is 11.3 Å². The van der Waals surface area contributed by atoms with E-state index < -0.39 is 34.7 Å². The first kappa shape index (κ1) is 22.5. The monoisotopic (exact) mass is 448 g/mol. The van der Waals surface area contributed by atoms with Gasteiger partial charge in [-0.25, -0.2) is 8.42 Å². The summed E-state index contributed by atoms with van der Waals surface area (Å²) >= 11 is 0. The third-order valence-electron chi connectivity index (χ3n) is 4.95. The molecule has 2 aromatic rings. The summed E-state index contributed by atoms with van der Waals surface area (Å²) in [6, 6.07) is 14.3. The van der Waals surface area contributed by atoms with E-state index in [1.165, 1.54) is 35.6 Å². The van der Waals surface area contributed by atoms with Crippen LogP contribution in [0.25, 0.3) is 0 Å². The van der Waals surface area contributed by atoms with Crippen molar-refractivity contribution in [3.05, 3.63) is 65.4 Å². The molecule has 0 aliphatic carbocycles. The summed E-state index contributed by atoms with van der Waals surface area (Å²) in [5.74, 6) is 0.0182. The lowest BCUT2D eigenvalue weighted by Crippen LogP contribution is -2.42. The lowest BCUT2D eigenvalue weighted by molar-refractivity contribution is -0.547. The maximum absolute atomic E-state index is 13.4. The molecule has 31 heavy (non-hydrogen) atoms. The van der Waals surface area contributed by atoms with Gasteiger partial charge in [-0.15, -0.1) is 0 Å². The highest BCUT2D eigenvalue weighted by Crippen LogP contribution is 2.38. The lowest BCUT2D eigenvalue weighted by Gasteiger charge is -2.30. The third-order valence-corrected chi connectivity index (χ3v) is 6.78. The Kier molecular flexibility index (Phi) is 6.76. The van der Waals surface area contributed by atoms with Gasteiger partial charge in [-0.05, 0) is 41.6 Å². The topological polar surface area (TPSA) is 115 Å². The Labute approximate surface area is 180 Å². The zero-order chi connectivity index (χ0) is 22.6. The number of benzene rings is 2. The van der Waals surface area contributed by atoms with Crippen molar-refractivity contribution in [2.24, 2.45) is 5.28 Å². The number of rotatable bonds is 7. The first-order valence-electron chi connectivity index (χ1n) is 9.50. The van der Waals surface area contributed by atoms with Crippen molar-refractivity contribution in [3.63, 3.8) is 0 Å². The molecule has 2 atom stereocenters. The van der Waals surface area contributed by atoms with Crippen LogP contribution >= 0.6 is 0 Å². The Morgan fingerprint density at radius 1 is 1.16 bits per heavy atom. The number of ether oxygens (including phenoxy) is 1. The standard InChI is InChI=1S/C20H24N4O6S/c1-15-13-22(31(27,28)18-7-5-4-6-8-18)20(16-9-11-17(29-2)12-10-16)24(15)19(25)14-23(26)21-30-3/h4-12,15,20H,13-14H2,1-3H3/b23-21-. The molecule has 1 saturated heterocycles. The number of sulfonamides is 1. The molecule has 1 amide bonds. The van der Waals surface area contributed by atoms with Crippen molar-refractivity contribution in [1.82, 2.24) is 9.21 Å². The molecule has 1 heterocycles. The fourth-order valence-corrected chi connectivity index (χ4v) is 5.26. The minimum absolute atomic E-state index is 0.0694. The van der Waals surface area contributed by atoms with E-state index in [2.05, 4.69) is 10.1 Å². The molecule has 1 fully saturated rings. The summed E-state index contributed by atoms with van der Waals surface area (Å²) < 4.78 is 33.3. The number of nitrogens with zero attached hydrogens (tertiary/aromatic N) is 4. The summed E-state index contributed by atoms with van der Waals surface area (Å²) in [7, 11) is -1.20. The molecule has 1 aliphatic heterocycles. The van der Waals surface area contributed by atoms with Crippen LogP contribution in [-0.4, -0.2) is 61.7 Å². The molecule has 0 spiro atoms. The molecular formula is C20H24N4O6S. The van der Waals surface area contributed by atoms with Crippen molar-refractivity contribution in [3.8, 4) is 5.75 Å². The summed E-state index contributed by atoms with van der Waals surface area (Å²) in [6.45, 7) is 1.20. The van der Waals surface area contributed by atoms with Crippen molar-refractivity contribution in [2.75, 3.05) is 27.3 Å². The molecule has 0 bridgehead atoms. The maximum Gasteiger partial charge on any atom is 0.294 e. The van der Waals surface area contributed by atoms with E-state index in [-0.39, 0.29) is 16.3 Å². The van der Waals surface area contributed by atoms with Crippen LogP contribution in [0.5, 0.6) is 5.75 Å². The Balaban J connectivity index is 2.06. The van der Waals surface area contributed by atoms with Crippen LogP contribution in [0.4, 0.5) is 0 Å². The summed E-state index contributed by atoms with van der Waals surface area (Å²) in [5, 5.41) is 15.0. The second-order valence-corrected chi connectivity index (χ2v) is 8.85. The number of hydrogen-bond acceptors (Lipinski definition) is 7. The van der Waals surface area contributed by atoms with Crippen molar-refractivity contribution in [2.45, 2.75) is 24.0 Å². The number of methoxy groups -OCH3 is 1. The lowest BCUT2D eigenvalue weighted by atomic mass is 10.1. The molecule has 0 radical (unpaired) electrons. The molecule has 1 aliphatic rings. The molecule has 10 nitrogen and oxygen atoms in total. The highest BCUT2D eigenvalue weighted by molar-refractivity contribution is 7.89. The Bertz CT molecular complexity index is 1040. The third kappa shape index (κ3) is 4.62. The van der Waals surface area contributed by atoms with Crippen LogP contribution in [0.3, 0.4) is 0 Å². The van der Waals surface area contributed by atoms with Gasteiger partial charge in [0, 0.05) is 12.6 Å². The van der Waals surface area contributed by atoms with E-state index in [1.807, 2.05) is 0 Å². The van der Waals surface area contributed by atoms with E-state index in [0.717, 1.165) is 0 Å². The molecule has 0 N–H and O–H groups in total. The van der Waals surface area contributed by atoms with E-state index >= 15 is 0 Å². The normalized spacial score (nSPS) is 20.0. The molecular weight excluding hydrogens is 424 g/mol. The zero-order valence-corrected chi connectivity index (χ0v) is 18.2. The van der Waals surface area contributed by atoms with Crippen LogP contribution in [0.1, 0.15) is 18.7 Å². The minimum Gasteiger partial charge on any atom is -0.597 e. The van der Waals surface area contributed by atoms with Gasteiger partial charge in [-0.2, -0.15) is 4.31 Å². The number of carbonyl (C=O) groups is 1. The summed E-state index contributed by atoms with van der Waals surface area (Å²) in [5.41, 5.74) is 0.569. The fourth-order valence-electron chi connectivity index (χ4n) is 3.59. The first-order valence-corrected chi connectivity index (χ1v) is 10.9. The highest BCUT2D eigenvalue weighted by Gasteiger charge is 2.47. The van der Waals surface area contributed by atoms with Crippen LogP contribution in [0.15, 0.2) is 64.8 Å². The highest BCUT2D eigenvalue weighted by atomic mass is 32.2. The largest absolute Gasteiger partial charge is 0.597 e. The molecule has 0 saturated carbocycles. The van der Waals surface area contributed by atoms with Crippen molar-refractivity contribution in [1.29, 1.82) is 0 Å². The second kappa shape index (κ2) is 9.31. The molecule has 0 aromatic heterocycles.